The number of hydrogen-bond acceptors (Lipinski definition) is 1. The van der Waals surface area contributed by atoms with Crippen molar-refractivity contribution in [3.05, 3.63) is 34.6 Å². The van der Waals surface area contributed by atoms with Gasteiger partial charge in [0.25, 0.3) is 0 Å². The minimum atomic E-state index is -0.545. The van der Waals surface area contributed by atoms with Gasteiger partial charge in [-0.3, -0.25) is 4.79 Å². The van der Waals surface area contributed by atoms with Gasteiger partial charge in [0, 0.05) is 12.0 Å². The van der Waals surface area contributed by atoms with Crippen LogP contribution in [0.4, 0.5) is 4.39 Å². The third-order valence-corrected chi connectivity index (χ3v) is 1.87. The van der Waals surface area contributed by atoms with E-state index in [0.717, 1.165) is 6.07 Å². The lowest BCUT2D eigenvalue weighted by Gasteiger charge is -1.98. The topological polar surface area (TPSA) is 17.1 Å². The summed E-state index contributed by atoms with van der Waals surface area (Å²) in [4.78, 5) is 11.1. The molecular weight excluding hydrogens is 179 g/mol. The van der Waals surface area contributed by atoms with Gasteiger partial charge in [-0.2, -0.15) is 0 Å². The fraction of sp³-hybridized carbons (Fsp3) is 0.222. The second kappa shape index (κ2) is 3.68. The molecule has 1 nitrogen and oxygen atoms in total. The Kier molecular flexibility index (Phi) is 2.82. The number of carbonyl (C=O) groups excluding carboxylic acids is 1. The van der Waals surface area contributed by atoms with E-state index in [1.54, 1.807) is 6.92 Å². The highest BCUT2D eigenvalue weighted by Gasteiger charge is 2.05. The normalized spacial score (nSPS) is 9.92. The second-order valence-electron chi connectivity index (χ2n) is 2.41. The van der Waals surface area contributed by atoms with Crippen LogP contribution in [0.1, 0.15) is 23.7 Å². The molecule has 0 aliphatic carbocycles. The van der Waals surface area contributed by atoms with Crippen molar-refractivity contribution in [1.82, 2.24) is 0 Å². The number of rotatable bonds is 2. The molecule has 0 radical (unpaired) electrons. The fourth-order valence-electron chi connectivity index (χ4n) is 0.874. The smallest absolute Gasteiger partial charge is 0.162 e. The minimum absolute atomic E-state index is 0.0441. The third-order valence-electron chi connectivity index (χ3n) is 1.56. The molecule has 0 saturated carbocycles. The molecule has 1 rings (SSSR count). The van der Waals surface area contributed by atoms with Crippen LogP contribution < -0.4 is 0 Å². The fourth-order valence-corrected chi connectivity index (χ4v) is 0.991. The van der Waals surface area contributed by atoms with Crippen molar-refractivity contribution in [2.75, 3.05) is 0 Å². The third kappa shape index (κ3) is 1.83. The zero-order valence-corrected chi connectivity index (χ0v) is 7.36. The molecule has 64 valence electrons. The van der Waals surface area contributed by atoms with Crippen LogP contribution in [0.5, 0.6) is 0 Å². The molecule has 1 aromatic rings. The summed E-state index contributed by atoms with van der Waals surface area (Å²) in [7, 11) is 0. The molecule has 0 atom stereocenters. The van der Waals surface area contributed by atoms with Gasteiger partial charge in [-0.05, 0) is 18.2 Å². The molecule has 3 heteroatoms. The molecule has 0 unspecified atom stereocenters. The predicted molar refractivity (Wildman–Crippen MR) is 46.0 cm³/mol. The van der Waals surface area contributed by atoms with Crippen molar-refractivity contribution in [1.29, 1.82) is 0 Å². The van der Waals surface area contributed by atoms with Crippen molar-refractivity contribution in [2.45, 2.75) is 13.3 Å². The lowest BCUT2D eigenvalue weighted by molar-refractivity contribution is 0.0987. The lowest BCUT2D eigenvalue weighted by Crippen LogP contribution is -1.96. The Labute approximate surface area is 75.2 Å². The van der Waals surface area contributed by atoms with E-state index >= 15 is 0 Å². The number of benzene rings is 1. The average molecular weight is 187 g/mol. The van der Waals surface area contributed by atoms with Gasteiger partial charge in [0.05, 0.1) is 5.02 Å². The molecule has 0 spiro atoms. The Hall–Kier alpha value is -0.890. The van der Waals surface area contributed by atoms with Gasteiger partial charge in [0.15, 0.2) is 5.78 Å². The highest BCUT2D eigenvalue weighted by molar-refractivity contribution is 6.30. The van der Waals surface area contributed by atoms with Gasteiger partial charge >= 0.3 is 0 Å². The Balaban J connectivity index is 3.05. The minimum Gasteiger partial charge on any atom is -0.294 e. The summed E-state index contributed by atoms with van der Waals surface area (Å²) in [6.45, 7) is 1.73. The molecule has 0 fully saturated rings. The molecule has 0 bridgehead atoms. The predicted octanol–water partition coefficient (Wildman–Crippen LogP) is 3.07. The van der Waals surface area contributed by atoms with Crippen LogP contribution in [0.15, 0.2) is 18.2 Å². The summed E-state index contributed by atoms with van der Waals surface area (Å²) in [5.74, 6) is -0.624. The van der Waals surface area contributed by atoms with E-state index in [9.17, 15) is 9.18 Å². The number of carbonyl (C=O) groups is 1. The van der Waals surface area contributed by atoms with Gasteiger partial charge in [-0.15, -0.1) is 0 Å². The molecule has 0 heterocycles. The summed E-state index contributed by atoms with van der Waals surface area (Å²) in [6.07, 6.45) is 0.376. The van der Waals surface area contributed by atoms with Crippen LogP contribution in [-0.2, 0) is 0 Å². The van der Waals surface area contributed by atoms with Gasteiger partial charge in [-0.25, -0.2) is 4.39 Å². The number of ketones is 1. The molecule has 0 aliphatic heterocycles. The van der Waals surface area contributed by atoms with E-state index in [1.807, 2.05) is 0 Å². The van der Waals surface area contributed by atoms with Gasteiger partial charge in [0.1, 0.15) is 5.82 Å². The van der Waals surface area contributed by atoms with Crippen molar-refractivity contribution >= 4 is 17.4 Å². The molecular formula is C9H8ClFO. The van der Waals surface area contributed by atoms with E-state index in [1.165, 1.54) is 12.1 Å². The first-order valence-corrected chi connectivity index (χ1v) is 4.01. The molecule has 0 amide bonds. The summed E-state index contributed by atoms with van der Waals surface area (Å²) in [6, 6.07) is 4.07. The maximum atomic E-state index is 12.8. The van der Waals surface area contributed by atoms with Crippen molar-refractivity contribution < 1.29 is 9.18 Å². The van der Waals surface area contributed by atoms with E-state index in [2.05, 4.69) is 0 Å². The monoisotopic (exact) mass is 186 g/mol. The summed E-state index contributed by atoms with van der Waals surface area (Å²) < 4.78 is 12.8. The Bertz CT molecular complexity index is 309. The van der Waals surface area contributed by atoms with Crippen LogP contribution in [0.3, 0.4) is 0 Å². The van der Waals surface area contributed by atoms with Crippen LogP contribution >= 0.6 is 11.6 Å². The molecule has 0 aromatic heterocycles. The van der Waals surface area contributed by atoms with Gasteiger partial charge < -0.3 is 0 Å². The van der Waals surface area contributed by atoms with Gasteiger partial charge in [-0.1, -0.05) is 18.5 Å². The molecule has 1 aromatic carbocycles. The first kappa shape index (κ1) is 9.20. The highest BCUT2D eigenvalue weighted by Crippen LogP contribution is 2.16. The summed E-state index contributed by atoms with van der Waals surface area (Å²) in [5, 5.41) is 0.0441. The number of halogens is 2. The van der Waals surface area contributed by atoms with Gasteiger partial charge in [0.2, 0.25) is 0 Å². The quantitative estimate of drug-likeness (QED) is 0.649. The van der Waals surface area contributed by atoms with E-state index in [0.29, 0.717) is 12.0 Å². The molecule has 12 heavy (non-hydrogen) atoms. The number of Topliss-reactive ketones (excluding diaryl/α,β-unsaturated/α-hetero) is 1. The summed E-state index contributed by atoms with van der Waals surface area (Å²) >= 11 is 5.44. The maximum absolute atomic E-state index is 12.8. The zero-order chi connectivity index (χ0) is 9.14. The van der Waals surface area contributed by atoms with E-state index in [4.69, 9.17) is 11.6 Å². The van der Waals surface area contributed by atoms with Crippen LogP contribution in [-0.4, -0.2) is 5.78 Å². The molecule has 0 saturated heterocycles. The Morgan fingerprint density at radius 2 is 2.25 bits per heavy atom. The first-order valence-electron chi connectivity index (χ1n) is 3.63. The SMILES string of the molecule is CCC(=O)c1ccc(Cl)c(F)c1. The van der Waals surface area contributed by atoms with Crippen LogP contribution in [0, 0.1) is 5.82 Å². The van der Waals surface area contributed by atoms with E-state index in [-0.39, 0.29) is 10.8 Å². The maximum Gasteiger partial charge on any atom is 0.162 e. The average Bonchev–Trinajstić information content (AvgIpc) is 2.08. The van der Waals surface area contributed by atoms with Crippen molar-refractivity contribution in [2.24, 2.45) is 0 Å². The van der Waals surface area contributed by atoms with Crippen LogP contribution in [0.25, 0.3) is 0 Å². The summed E-state index contributed by atoms with van der Waals surface area (Å²) in [5.41, 5.74) is 0.374. The largest absolute Gasteiger partial charge is 0.294 e. The molecule has 0 N–H and O–H groups in total. The lowest BCUT2D eigenvalue weighted by atomic mass is 10.1. The zero-order valence-electron chi connectivity index (χ0n) is 6.60. The van der Waals surface area contributed by atoms with E-state index < -0.39 is 5.82 Å². The number of hydrogen-bond donors (Lipinski definition) is 0. The second-order valence-corrected chi connectivity index (χ2v) is 2.81. The Morgan fingerprint density at radius 3 is 2.75 bits per heavy atom. The molecule has 0 aliphatic rings. The standard InChI is InChI=1S/C9H8ClFO/c1-2-9(12)6-3-4-7(10)8(11)5-6/h3-5H,2H2,1H3. The first-order chi connectivity index (χ1) is 5.65. The Morgan fingerprint density at radius 1 is 1.58 bits per heavy atom. The van der Waals surface area contributed by atoms with Crippen molar-refractivity contribution in [3.63, 3.8) is 0 Å². The van der Waals surface area contributed by atoms with Crippen LogP contribution in [0.2, 0.25) is 5.02 Å². The van der Waals surface area contributed by atoms with Crippen molar-refractivity contribution in [3.8, 4) is 0 Å². The highest BCUT2D eigenvalue weighted by atomic mass is 35.5.